The van der Waals surface area contributed by atoms with E-state index in [-0.39, 0.29) is 11.7 Å². The van der Waals surface area contributed by atoms with Crippen molar-refractivity contribution in [3.63, 3.8) is 0 Å². The van der Waals surface area contributed by atoms with Gasteiger partial charge in [-0.3, -0.25) is 4.79 Å². The number of phenolic OH excluding ortho intramolecular Hbond substituents is 1. The van der Waals surface area contributed by atoms with Gasteiger partial charge in [0, 0.05) is 6.54 Å². The van der Waals surface area contributed by atoms with Crippen molar-refractivity contribution in [2.24, 2.45) is 0 Å². The number of aryl methyl sites for hydroxylation is 1. The molecule has 0 atom stereocenters. The summed E-state index contributed by atoms with van der Waals surface area (Å²) in [5.41, 5.74) is 1.30. The van der Waals surface area contributed by atoms with Crippen LogP contribution in [0.1, 0.15) is 41.6 Å². The molecule has 0 aromatic heterocycles. The van der Waals surface area contributed by atoms with E-state index < -0.39 is 0 Å². The van der Waals surface area contributed by atoms with Gasteiger partial charge in [0.05, 0.1) is 5.56 Å². The molecule has 0 saturated heterocycles. The Labute approximate surface area is 119 Å². The van der Waals surface area contributed by atoms with Gasteiger partial charge in [-0.2, -0.15) is 11.8 Å². The van der Waals surface area contributed by atoms with Crippen LogP contribution in [0.15, 0.2) is 18.2 Å². The lowest BCUT2D eigenvalue weighted by Gasteiger charge is -2.07. The van der Waals surface area contributed by atoms with Gasteiger partial charge in [0.2, 0.25) is 0 Å². The summed E-state index contributed by atoms with van der Waals surface area (Å²) in [6, 6.07) is 5.10. The molecule has 1 rings (SSSR count). The van der Waals surface area contributed by atoms with Gasteiger partial charge in [-0.05, 0) is 49.5 Å². The first-order valence-electron chi connectivity index (χ1n) is 6.72. The highest BCUT2D eigenvalue weighted by atomic mass is 32.2. The van der Waals surface area contributed by atoms with E-state index in [1.165, 1.54) is 18.6 Å². The maximum absolute atomic E-state index is 11.8. The highest BCUT2D eigenvalue weighted by Crippen LogP contribution is 2.18. The second-order valence-electron chi connectivity index (χ2n) is 4.68. The molecule has 0 spiro atoms. The first kappa shape index (κ1) is 15.9. The normalized spacial score (nSPS) is 10.4. The molecule has 4 heteroatoms. The van der Waals surface area contributed by atoms with E-state index in [9.17, 15) is 9.90 Å². The zero-order chi connectivity index (χ0) is 14.1. The Bertz CT molecular complexity index is 407. The summed E-state index contributed by atoms with van der Waals surface area (Å²) in [5.74, 6) is 1.07. The Morgan fingerprint density at radius 3 is 2.68 bits per heavy atom. The molecule has 1 aromatic rings. The Balaban J connectivity index is 2.24. The molecule has 0 fully saturated rings. The topological polar surface area (TPSA) is 49.3 Å². The van der Waals surface area contributed by atoms with Gasteiger partial charge in [0.15, 0.2) is 0 Å². The van der Waals surface area contributed by atoms with Crippen molar-refractivity contribution in [1.29, 1.82) is 0 Å². The lowest BCUT2D eigenvalue weighted by Crippen LogP contribution is -2.24. The minimum atomic E-state index is -0.193. The van der Waals surface area contributed by atoms with Gasteiger partial charge in [0.25, 0.3) is 5.91 Å². The number of unbranched alkanes of at least 4 members (excludes halogenated alkanes) is 3. The maximum Gasteiger partial charge on any atom is 0.255 e. The molecule has 3 nitrogen and oxygen atoms in total. The first-order chi connectivity index (χ1) is 9.15. The summed E-state index contributed by atoms with van der Waals surface area (Å²) in [6.07, 6.45) is 6.71. The minimum absolute atomic E-state index is 0.0532. The predicted molar refractivity (Wildman–Crippen MR) is 82.0 cm³/mol. The molecule has 0 heterocycles. The lowest BCUT2D eigenvalue weighted by molar-refractivity contribution is 0.0950. The fraction of sp³-hybridized carbons (Fsp3) is 0.533. The molecule has 0 aliphatic heterocycles. The summed E-state index contributed by atoms with van der Waals surface area (Å²) < 4.78 is 0. The molecule has 1 aromatic carbocycles. The molecule has 0 unspecified atom stereocenters. The summed E-state index contributed by atoms with van der Waals surface area (Å²) in [6.45, 7) is 2.56. The summed E-state index contributed by atoms with van der Waals surface area (Å²) in [7, 11) is 0. The van der Waals surface area contributed by atoms with Crippen molar-refractivity contribution < 1.29 is 9.90 Å². The van der Waals surface area contributed by atoms with E-state index in [1.807, 2.05) is 24.8 Å². The molecule has 0 aliphatic carbocycles. The number of thioether (sulfide) groups is 1. The van der Waals surface area contributed by atoms with Crippen LogP contribution in [0.25, 0.3) is 0 Å². The van der Waals surface area contributed by atoms with Crippen molar-refractivity contribution in [1.82, 2.24) is 5.32 Å². The number of hydrogen-bond acceptors (Lipinski definition) is 3. The number of nitrogens with one attached hydrogen (secondary N) is 1. The van der Waals surface area contributed by atoms with Gasteiger partial charge in [-0.15, -0.1) is 0 Å². The Hall–Kier alpha value is -1.16. The van der Waals surface area contributed by atoms with Crippen LogP contribution in [-0.2, 0) is 0 Å². The monoisotopic (exact) mass is 281 g/mol. The second kappa shape index (κ2) is 8.86. The van der Waals surface area contributed by atoms with Crippen LogP contribution in [0.2, 0.25) is 0 Å². The quantitative estimate of drug-likeness (QED) is 0.718. The third-order valence-corrected chi connectivity index (χ3v) is 3.66. The van der Waals surface area contributed by atoms with Crippen LogP contribution in [0.5, 0.6) is 5.75 Å². The van der Waals surface area contributed by atoms with E-state index >= 15 is 0 Å². The Morgan fingerprint density at radius 1 is 1.26 bits per heavy atom. The third-order valence-electron chi connectivity index (χ3n) is 2.96. The van der Waals surface area contributed by atoms with Crippen LogP contribution >= 0.6 is 11.8 Å². The molecule has 0 aliphatic rings. The SMILES string of the molecule is CSCCCCCCNC(=O)c1ccc(C)cc1O. The summed E-state index contributed by atoms with van der Waals surface area (Å²) in [5, 5.41) is 12.5. The molecule has 0 bridgehead atoms. The number of carbonyl (C=O) groups excluding carboxylic acids is 1. The molecule has 0 radical (unpaired) electrons. The van der Waals surface area contributed by atoms with Crippen LogP contribution in [0.4, 0.5) is 0 Å². The number of benzene rings is 1. The predicted octanol–water partition coefficient (Wildman–Crippen LogP) is 3.35. The van der Waals surface area contributed by atoms with E-state index in [4.69, 9.17) is 0 Å². The molecule has 19 heavy (non-hydrogen) atoms. The average Bonchev–Trinajstić information content (AvgIpc) is 2.37. The number of carbonyl (C=O) groups is 1. The van der Waals surface area contributed by atoms with E-state index in [2.05, 4.69) is 11.6 Å². The molecule has 2 N–H and O–H groups in total. The van der Waals surface area contributed by atoms with Crippen molar-refractivity contribution in [2.45, 2.75) is 32.6 Å². The molecule has 106 valence electrons. The number of amides is 1. The molecular weight excluding hydrogens is 258 g/mol. The largest absolute Gasteiger partial charge is 0.507 e. The van der Waals surface area contributed by atoms with Crippen LogP contribution in [0, 0.1) is 6.92 Å². The van der Waals surface area contributed by atoms with Crippen molar-refractivity contribution in [3.8, 4) is 5.75 Å². The number of aromatic hydroxyl groups is 1. The molecular formula is C15H23NO2S. The zero-order valence-electron chi connectivity index (χ0n) is 11.7. The Kier molecular flexibility index (Phi) is 7.41. The highest BCUT2D eigenvalue weighted by molar-refractivity contribution is 7.98. The van der Waals surface area contributed by atoms with Crippen LogP contribution in [0.3, 0.4) is 0 Å². The number of rotatable bonds is 8. The first-order valence-corrected chi connectivity index (χ1v) is 8.11. The lowest BCUT2D eigenvalue weighted by atomic mass is 10.1. The molecule has 1 amide bonds. The Morgan fingerprint density at radius 2 is 2.00 bits per heavy atom. The smallest absolute Gasteiger partial charge is 0.255 e. The number of phenols is 1. The fourth-order valence-corrected chi connectivity index (χ4v) is 2.35. The van der Waals surface area contributed by atoms with Gasteiger partial charge in [-0.1, -0.05) is 18.9 Å². The summed E-state index contributed by atoms with van der Waals surface area (Å²) >= 11 is 1.87. The van der Waals surface area contributed by atoms with Crippen molar-refractivity contribution in [3.05, 3.63) is 29.3 Å². The van der Waals surface area contributed by atoms with Crippen molar-refractivity contribution >= 4 is 17.7 Å². The highest BCUT2D eigenvalue weighted by Gasteiger charge is 2.09. The summed E-state index contributed by atoms with van der Waals surface area (Å²) in [4.78, 5) is 11.8. The molecule has 0 saturated carbocycles. The van der Waals surface area contributed by atoms with Crippen LogP contribution < -0.4 is 5.32 Å². The average molecular weight is 281 g/mol. The fourth-order valence-electron chi connectivity index (χ4n) is 1.86. The van der Waals surface area contributed by atoms with Gasteiger partial charge >= 0.3 is 0 Å². The van der Waals surface area contributed by atoms with Gasteiger partial charge in [0.1, 0.15) is 5.75 Å². The van der Waals surface area contributed by atoms with Crippen LogP contribution in [-0.4, -0.2) is 29.6 Å². The van der Waals surface area contributed by atoms with Gasteiger partial charge in [-0.25, -0.2) is 0 Å². The van der Waals surface area contributed by atoms with E-state index in [0.29, 0.717) is 12.1 Å². The van der Waals surface area contributed by atoms with Crippen molar-refractivity contribution in [2.75, 3.05) is 18.6 Å². The van der Waals surface area contributed by atoms with E-state index in [1.54, 1.807) is 12.1 Å². The van der Waals surface area contributed by atoms with E-state index in [0.717, 1.165) is 18.4 Å². The standard InChI is InChI=1S/C15H23NO2S/c1-12-7-8-13(14(17)11-12)15(18)16-9-5-3-4-6-10-19-2/h7-8,11,17H,3-6,9-10H2,1-2H3,(H,16,18). The van der Waals surface area contributed by atoms with Gasteiger partial charge < -0.3 is 10.4 Å². The second-order valence-corrected chi connectivity index (χ2v) is 5.67. The minimum Gasteiger partial charge on any atom is -0.507 e. The number of hydrogen-bond donors (Lipinski definition) is 2. The zero-order valence-corrected chi connectivity index (χ0v) is 12.6. The third kappa shape index (κ3) is 6.01. The maximum atomic E-state index is 11.8.